The topological polar surface area (TPSA) is 145 Å². The average Bonchev–Trinajstić information content (AvgIpc) is 3.36. The predicted molar refractivity (Wildman–Crippen MR) is 139 cm³/mol. The Kier molecular flexibility index (Phi) is 7.13. The molecule has 3 heterocycles. The molecule has 2 aromatic carbocycles. The van der Waals surface area contributed by atoms with Gasteiger partial charge < -0.3 is 34.3 Å². The Morgan fingerprint density at radius 2 is 1.84 bits per heavy atom. The molecule has 3 aromatic rings. The Bertz CT molecular complexity index is 1410. The molecule has 0 bridgehead atoms. The van der Waals surface area contributed by atoms with Gasteiger partial charge in [-0.2, -0.15) is 5.26 Å². The van der Waals surface area contributed by atoms with Gasteiger partial charge in [-0.3, -0.25) is 5.10 Å². The van der Waals surface area contributed by atoms with Crippen molar-refractivity contribution in [1.82, 2.24) is 15.1 Å². The van der Waals surface area contributed by atoms with Crippen LogP contribution < -0.4 is 24.7 Å². The molecule has 0 saturated carbocycles. The number of aromatic amines is 1. The summed E-state index contributed by atoms with van der Waals surface area (Å²) in [6.07, 6.45) is -0.541. The van der Waals surface area contributed by atoms with E-state index in [2.05, 4.69) is 32.2 Å². The highest BCUT2D eigenvalue weighted by Crippen LogP contribution is 2.49. The fourth-order valence-corrected chi connectivity index (χ4v) is 4.74. The van der Waals surface area contributed by atoms with Gasteiger partial charge in [0, 0.05) is 23.1 Å². The maximum absolute atomic E-state index is 12.8. The van der Waals surface area contributed by atoms with E-state index in [0.717, 1.165) is 10.0 Å². The fraction of sp³-hybridized carbons (Fsp3) is 0.269. The van der Waals surface area contributed by atoms with Crippen LogP contribution in [0.4, 0.5) is 4.79 Å². The number of carbonyl (C=O) groups is 1. The van der Waals surface area contributed by atoms with Crippen molar-refractivity contribution in [3.05, 3.63) is 63.5 Å². The van der Waals surface area contributed by atoms with E-state index in [9.17, 15) is 10.1 Å². The summed E-state index contributed by atoms with van der Waals surface area (Å²) in [5.41, 5.74) is 9.07. The second-order valence-electron chi connectivity index (χ2n) is 8.47. The number of nitrogens with zero attached hydrogens (tertiary/aromatic N) is 3. The summed E-state index contributed by atoms with van der Waals surface area (Å²) in [5, 5.41) is 17.4. The van der Waals surface area contributed by atoms with Crippen molar-refractivity contribution >= 4 is 22.0 Å². The zero-order valence-electron chi connectivity index (χ0n) is 20.6. The third-order valence-electron chi connectivity index (χ3n) is 6.35. The lowest BCUT2D eigenvalue weighted by atomic mass is 9.82. The molecule has 1 atom stereocenters. The van der Waals surface area contributed by atoms with Gasteiger partial charge in [-0.05, 0) is 29.8 Å². The number of morpholine rings is 1. The lowest BCUT2D eigenvalue weighted by molar-refractivity contribution is 0.0411. The first-order valence-corrected chi connectivity index (χ1v) is 12.5. The van der Waals surface area contributed by atoms with Crippen molar-refractivity contribution in [3.8, 4) is 40.5 Å². The van der Waals surface area contributed by atoms with Gasteiger partial charge in [0.25, 0.3) is 0 Å². The molecule has 0 unspecified atom stereocenters. The maximum atomic E-state index is 12.8. The number of nitriles is 1. The smallest absolute Gasteiger partial charge is 0.415 e. The standard InChI is InChI=1S/C26H24BrN5O6/c1-34-18-11-15(12-19(35-2)23(18)37-26(33)32-7-9-36-10-8-32)20-17(13-28)24(29)38-25-21(20)22(30-31-25)14-3-5-16(27)6-4-14/h3-6,11-12,20H,7-10,29H2,1-2H3,(H,30,31)/t20-/m1/s1. The number of methoxy groups -OCH3 is 2. The van der Waals surface area contributed by atoms with E-state index < -0.39 is 12.0 Å². The molecule has 38 heavy (non-hydrogen) atoms. The predicted octanol–water partition coefficient (Wildman–Crippen LogP) is 3.91. The molecule has 2 aliphatic heterocycles. The number of fused-ring (bicyclic) bond motifs is 1. The molecule has 196 valence electrons. The molecule has 1 aromatic heterocycles. The van der Waals surface area contributed by atoms with Crippen molar-refractivity contribution in [2.45, 2.75) is 5.92 Å². The minimum absolute atomic E-state index is 0.0559. The first-order valence-electron chi connectivity index (χ1n) is 11.7. The van der Waals surface area contributed by atoms with Crippen LogP contribution in [0, 0.1) is 11.3 Å². The molecule has 2 aliphatic rings. The van der Waals surface area contributed by atoms with Crippen LogP contribution in [0.15, 0.2) is 52.3 Å². The van der Waals surface area contributed by atoms with E-state index >= 15 is 0 Å². The number of carbonyl (C=O) groups excluding carboxylic acids is 1. The summed E-state index contributed by atoms with van der Waals surface area (Å²) in [5.74, 6) is 0.146. The summed E-state index contributed by atoms with van der Waals surface area (Å²) >= 11 is 3.45. The third-order valence-corrected chi connectivity index (χ3v) is 6.88. The van der Waals surface area contributed by atoms with Crippen molar-refractivity contribution in [2.24, 2.45) is 5.73 Å². The Morgan fingerprint density at radius 3 is 2.45 bits per heavy atom. The number of H-pyrrole nitrogens is 1. The van der Waals surface area contributed by atoms with Crippen molar-refractivity contribution in [3.63, 3.8) is 0 Å². The molecular weight excluding hydrogens is 558 g/mol. The van der Waals surface area contributed by atoms with E-state index in [4.69, 9.17) is 29.4 Å². The zero-order valence-corrected chi connectivity index (χ0v) is 22.2. The number of nitrogens with one attached hydrogen (secondary N) is 1. The van der Waals surface area contributed by atoms with Gasteiger partial charge in [-0.15, -0.1) is 5.10 Å². The van der Waals surface area contributed by atoms with Crippen molar-refractivity contribution < 1.29 is 28.5 Å². The molecule has 1 saturated heterocycles. The molecule has 5 rings (SSSR count). The second-order valence-corrected chi connectivity index (χ2v) is 9.39. The fourth-order valence-electron chi connectivity index (χ4n) is 4.48. The van der Waals surface area contributed by atoms with E-state index in [1.54, 1.807) is 17.0 Å². The highest BCUT2D eigenvalue weighted by Gasteiger charge is 2.37. The molecule has 1 amide bonds. The molecule has 0 aliphatic carbocycles. The Balaban J connectivity index is 1.61. The van der Waals surface area contributed by atoms with Crippen LogP contribution in [0.5, 0.6) is 23.1 Å². The molecule has 1 fully saturated rings. The van der Waals surface area contributed by atoms with E-state index in [1.165, 1.54) is 14.2 Å². The summed E-state index contributed by atoms with van der Waals surface area (Å²) in [6, 6.07) is 13.2. The number of nitrogens with two attached hydrogens (primary N) is 1. The lowest BCUT2D eigenvalue weighted by Crippen LogP contribution is -2.42. The first kappa shape index (κ1) is 25.4. The number of rotatable bonds is 5. The highest BCUT2D eigenvalue weighted by molar-refractivity contribution is 9.10. The maximum Gasteiger partial charge on any atom is 0.415 e. The first-order chi connectivity index (χ1) is 18.4. The van der Waals surface area contributed by atoms with Crippen molar-refractivity contribution in [1.29, 1.82) is 5.26 Å². The van der Waals surface area contributed by atoms with Gasteiger partial charge >= 0.3 is 6.09 Å². The van der Waals surface area contributed by atoms with E-state index in [-0.39, 0.29) is 34.6 Å². The monoisotopic (exact) mass is 581 g/mol. The third kappa shape index (κ3) is 4.62. The van der Waals surface area contributed by atoms with Gasteiger partial charge in [0.05, 0.1) is 44.6 Å². The Morgan fingerprint density at radius 1 is 1.18 bits per heavy atom. The number of ether oxygens (including phenoxy) is 5. The number of amides is 1. The SMILES string of the molecule is COc1cc([C@@H]2C(C#N)=C(N)Oc3n[nH]c(-c4ccc(Br)cc4)c32)cc(OC)c1OC(=O)N1CCOCC1. The number of allylic oxidation sites excluding steroid dienone is 1. The second kappa shape index (κ2) is 10.6. The van der Waals surface area contributed by atoms with Crippen LogP contribution in [-0.4, -0.2) is 61.7 Å². The van der Waals surface area contributed by atoms with Crippen LogP contribution >= 0.6 is 15.9 Å². The summed E-state index contributed by atoms with van der Waals surface area (Å²) in [6.45, 7) is 1.71. The number of aromatic nitrogens is 2. The van der Waals surface area contributed by atoms with E-state index in [1.807, 2.05) is 24.3 Å². The number of hydrogen-bond acceptors (Lipinski definition) is 9. The zero-order chi connectivity index (χ0) is 26.8. The van der Waals surface area contributed by atoms with Crippen LogP contribution in [-0.2, 0) is 4.74 Å². The minimum Gasteiger partial charge on any atom is -0.493 e. The van der Waals surface area contributed by atoms with Crippen LogP contribution in [0.3, 0.4) is 0 Å². The molecule has 11 nitrogen and oxygen atoms in total. The molecule has 0 spiro atoms. The van der Waals surface area contributed by atoms with E-state index in [0.29, 0.717) is 43.1 Å². The number of benzene rings is 2. The van der Waals surface area contributed by atoms with Crippen molar-refractivity contribution in [2.75, 3.05) is 40.5 Å². The molecule has 0 radical (unpaired) electrons. The van der Waals surface area contributed by atoms with Gasteiger partial charge in [0.1, 0.15) is 11.6 Å². The number of hydrogen-bond donors (Lipinski definition) is 2. The molecular formula is C26H24BrN5O6. The van der Waals surface area contributed by atoms with Crippen LogP contribution in [0.1, 0.15) is 17.0 Å². The molecule has 3 N–H and O–H groups in total. The molecule has 12 heteroatoms. The van der Waals surface area contributed by atoms with Crippen LogP contribution in [0.2, 0.25) is 0 Å². The Labute approximate surface area is 226 Å². The quantitative estimate of drug-likeness (QED) is 0.458. The average molecular weight is 582 g/mol. The highest BCUT2D eigenvalue weighted by atomic mass is 79.9. The van der Waals surface area contributed by atoms with Gasteiger partial charge in [0.15, 0.2) is 11.5 Å². The Hall–Kier alpha value is -4.21. The van der Waals surface area contributed by atoms with Gasteiger partial charge in [0.2, 0.25) is 17.5 Å². The largest absolute Gasteiger partial charge is 0.493 e. The normalized spacial score (nSPS) is 16.8. The summed E-state index contributed by atoms with van der Waals surface area (Å²) in [4.78, 5) is 14.4. The van der Waals surface area contributed by atoms with Gasteiger partial charge in [-0.25, -0.2) is 4.79 Å². The number of halogens is 1. The summed E-state index contributed by atoms with van der Waals surface area (Å²) in [7, 11) is 2.92. The van der Waals surface area contributed by atoms with Crippen LogP contribution in [0.25, 0.3) is 11.3 Å². The summed E-state index contributed by atoms with van der Waals surface area (Å²) < 4.78 is 28.9. The van der Waals surface area contributed by atoms with Gasteiger partial charge in [-0.1, -0.05) is 28.1 Å². The lowest BCUT2D eigenvalue weighted by Gasteiger charge is -2.27. The minimum atomic E-state index is -0.673.